The summed E-state index contributed by atoms with van der Waals surface area (Å²) in [7, 11) is -4.04. The van der Waals surface area contributed by atoms with E-state index in [0.717, 1.165) is 11.1 Å². The van der Waals surface area contributed by atoms with Crippen molar-refractivity contribution in [3.8, 4) is 11.1 Å². The number of sulfonamides is 1. The molecule has 3 aromatic carbocycles. The maximum absolute atomic E-state index is 14.0. The van der Waals surface area contributed by atoms with Crippen molar-refractivity contribution in [2.24, 2.45) is 4.40 Å². The summed E-state index contributed by atoms with van der Waals surface area (Å²) in [4.78, 5) is 0. The summed E-state index contributed by atoms with van der Waals surface area (Å²) < 4.78 is 50.5. The number of rotatable bonds is 6. The SMILES string of the molecule is CC1(C)OC(N[C@@H](CCO)c2cccc(F)c2Cl)=NS(=O)(=O)C1c1ccc(-c2ccccc2)cc1. The first-order chi connectivity index (χ1) is 16.6. The number of nitrogens with one attached hydrogen (secondary N) is 1. The molecule has 9 heteroatoms. The molecule has 6 nitrogen and oxygen atoms in total. The maximum Gasteiger partial charge on any atom is 0.301 e. The number of ether oxygens (including phenoxy) is 1. The standard InChI is InChI=1S/C26H26ClFN2O4S/c1-26(2)24(19-13-11-18(12-14-19)17-7-4-3-5-8-17)35(32,33)30-25(34-26)29-22(15-16-31)20-9-6-10-21(28)23(20)27/h3-14,22,24,31H,15-16H2,1-2H3,(H,29,30)/t22-,24?/m0/s1. The first-order valence-electron chi connectivity index (χ1n) is 11.1. The van der Waals surface area contributed by atoms with Crippen LogP contribution in [0.5, 0.6) is 0 Å². The van der Waals surface area contributed by atoms with Crippen LogP contribution in [0.3, 0.4) is 0 Å². The van der Waals surface area contributed by atoms with Crippen molar-refractivity contribution in [2.45, 2.75) is 37.2 Å². The molecule has 1 aliphatic heterocycles. The van der Waals surface area contributed by atoms with Crippen LogP contribution in [0.2, 0.25) is 5.02 Å². The number of halogens is 2. The number of hydrogen-bond donors (Lipinski definition) is 2. The highest BCUT2D eigenvalue weighted by Gasteiger charge is 2.47. The van der Waals surface area contributed by atoms with Crippen LogP contribution in [0.15, 0.2) is 77.2 Å². The molecule has 3 aromatic rings. The van der Waals surface area contributed by atoms with Gasteiger partial charge in [-0.2, -0.15) is 0 Å². The molecule has 1 aliphatic rings. The summed E-state index contributed by atoms with van der Waals surface area (Å²) in [6.07, 6.45) is 0.135. The molecule has 0 radical (unpaired) electrons. The van der Waals surface area contributed by atoms with E-state index in [-0.39, 0.29) is 24.1 Å². The molecule has 0 fully saturated rings. The Balaban J connectivity index is 1.64. The zero-order valence-corrected chi connectivity index (χ0v) is 20.9. The summed E-state index contributed by atoms with van der Waals surface area (Å²) in [5.41, 5.74) is 1.73. The third kappa shape index (κ3) is 5.34. The number of benzene rings is 3. The van der Waals surface area contributed by atoms with Crippen molar-refractivity contribution < 1.29 is 22.7 Å². The Kier molecular flexibility index (Phi) is 7.17. The minimum atomic E-state index is -4.04. The van der Waals surface area contributed by atoms with E-state index in [1.165, 1.54) is 12.1 Å². The van der Waals surface area contributed by atoms with E-state index in [4.69, 9.17) is 16.3 Å². The molecule has 184 valence electrons. The Labute approximate surface area is 209 Å². The molecule has 1 unspecified atom stereocenters. The molecular weight excluding hydrogens is 491 g/mol. The van der Waals surface area contributed by atoms with Gasteiger partial charge in [-0.25, -0.2) is 12.8 Å². The van der Waals surface area contributed by atoms with Crippen molar-refractivity contribution in [2.75, 3.05) is 6.61 Å². The van der Waals surface area contributed by atoms with E-state index in [2.05, 4.69) is 9.71 Å². The van der Waals surface area contributed by atoms with Crippen LogP contribution >= 0.6 is 11.6 Å². The van der Waals surface area contributed by atoms with Crippen molar-refractivity contribution in [1.82, 2.24) is 5.32 Å². The number of aliphatic hydroxyl groups excluding tert-OH is 1. The van der Waals surface area contributed by atoms with Crippen LogP contribution < -0.4 is 5.32 Å². The van der Waals surface area contributed by atoms with Gasteiger partial charge in [-0.3, -0.25) is 0 Å². The first kappa shape index (κ1) is 25.2. The van der Waals surface area contributed by atoms with E-state index in [1.54, 1.807) is 32.0 Å². The molecule has 0 amide bonds. The van der Waals surface area contributed by atoms with Gasteiger partial charge in [0.25, 0.3) is 10.0 Å². The van der Waals surface area contributed by atoms with Crippen molar-refractivity contribution in [3.63, 3.8) is 0 Å². The average Bonchev–Trinajstić information content (AvgIpc) is 2.80. The van der Waals surface area contributed by atoms with Gasteiger partial charge in [0.15, 0.2) is 0 Å². The fourth-order valence-corrected chi connectivity index (χ4v) is 6.28. The van der Waals surface area contributed by atoms with Gasteiger partial charge in [0, 0.05) is 6.61 Å². The van der Waals surface area contributed by atoms with Crippen LogP contribution in [0.4, 0.5) is 4.39 Å². The van der Waals surface area contributed by atoms with Gasteiger partial charge in [0.05, 0.1) is 11.1 Å². The molecule has 2 N–H and O–H groups in total. The molecule has 2 atom stereocenters. The zero-order valence-electron chi connectivity index (χ0n) is 19.3. The lowest BCUT2D eigenvalue weighted by atomic mass is 9.95. The highest BCUT2D eigenvalue weighted by molar-refractivity contribution is 7.90. The second kappa shape index (κ2) is 9.97. The predicted octanol–water partition coefficient (Wildman–Crippen LogP) is 5.40. The molecule has 0 aromatic heterocycles. The summed E-state index contributed by atoms with van der Waals surface area (Å²) in [5.74, 6) is -0.618. The van der Waals surface area contributed by atoms with Gasteiger partial charge in [0.1, 0.15) is 16.7 Å². The van der Waals surface area contributed by atoms with Crippen LogP contribution in [-0.2, 0) is 14.8 Å². The van der Waals surface area contributed by atoms with Gasteiger partial charge in [-0.1, -0.05) is 78.3 Å². The van der Waals surface area contributed by atoms with E-state index in [1.807, 2.05) is 42.5 Å². The molecule has 0 saturated carbocycles. The van der Waals surface area contributed by atoms with Gasteiger partial charge in [-0.15, -0.1) is 4.40 Å². The Morgan fingerprint density at radius 3 is 2.34 bits per heavy atom. The van der Waals surface area contributed by atoms with Crippen LogP contribution in [0, 0.1) is 5.82 Å². The fourth-order valence-electron chi connectivity index (χ4n) is 4.33. The van der Waals surface area contributed by atoms with Crippen LogP contribution in [0.1, 0.15) is 42.7 Å². The van der Waals surface area contributed by atoms with Crippen molar-refractivity contribution in [1.29, 1.82) is 0 Å². The third-order valence-electron chi connectivity index (χ3n) is 5.89. The largest absolute Gasteiger partial charge is 0.457 e. The molecule has 35 heavy (non-hydrogen) atoms. The second-order valence-electron chi connectivity index (χ2n) is 8.84. The lowest BCUT2D eigenvalue weighted by Gasteiger charge is -2.38. The Morgan fingerprint density at radius 1 is 1.06 bits per heavy atom. The minimum absolute atomic E-state index is 0.117. The topological polar surface area (TPSA) is 88.0 Å². The summed E-state index contributed by atoms with van der Waals surface area (Å²) in [6.45, 7) is 3.10. The number of amidine groups is 1. The lowest BCUT2D eigenvalue weighted by molar-refractivity contribution is 0.0760. The van der Waals surface area contributed by atoms with Crippen LogP contribution in [-0.4, -0.2) is 31.8 Å². The number of aliphatic hydroxyl groups is 1. The highest BCUT2D eigenvalue weighted by Crippen LogP contribution is 2.41. The number of hydrogen-bond acceptors (Lipinski definition) is 5. The Morgan fingerprint density at radius 2 is 1.71 bits per heavy atom. The van der Waals surface area contributed by atoms with E-state index in [9.17, 15) is 17.9 Å². The average molecular weight is 517 g/mol. The molecule has 0 saturated heterocycles. The van der Waals surface area contributed by atoms with Crippen molar-refractivity contribution >= 4 is 27.6 Å². The van der Waals surface area contributed by atoms with E-state index < -0.39 is 32.7 Å². The quantitative estimate of drug-likeness (QED) is 0.458. The summed E-state index contributed by atoms with van der Waals surface area (Å²) in [6, 6.07) is 20.4. The molecule has 1 heterocycles. The van der Waals surface area contributed by atoms with Gasteiger partial charge in [-0.05, 0) is 48.6 Å². The molecule has 0 aliphatic carbocycles. The monoisotopic (exact) mass is 516 g/mol. The highest BCUT2D eigenvalue weighted by atomic mass is 35.5. The number of nitrogens with zero attached hydrogens (tertiary/aromatic N) is 1. The van der Waals surface area contributed by atoms with Crippen LogP contribution in [0.25, 0.3) is 11.1 Å². The predicted molar refractivity (Wildman–Crippen MR) is 135 cm³/mol. The fraction of sp³-hybridized carbons (Fsp3) is 0.269. The summed E-state index contributed by atoms with van der Waals surface area (Å²) in [5, 5.41) is 11.2. The smallest absolute Gasteiger partial charge is 0.301 e. The van der Waals surface area contributed by atoms with Crippen molar-refractivity contribution in [3.05, 3.63) is 94.8 Å². The first-order valence-corrected chi connectivity index (χ1v) is 13.0. The summed E-state index contributed by atoms with van der Waals surface area (Å²) >= 11 is 6.12. The molecule has 0 bridgehead atoms. The molecule has 0 spiro atoms. The molecule has 4 rings (SSSR count). The molecular formula is C26H26ClFN2O4S. The Hall–Kier alpha value is -2.94. The third-order valence-corrected chi connectivity index (χ3v) is 8.15. The second-order valence-corrected chi connectivity index (χ2v) is 10.9. The van der Waals surface area contributed by atoms with Gasteiger partial charge in [0.2, 0.25) is 0 Å². The minimum Gasteiger partial charge on any atom is -0.457 e. The van der Waals surface area contributed by atoms with Gasteiger partial charge < -0.3 is 15.2 Å². The zero-order chi connectivity index (χ0) is 25.2. The maximum atomic E-state index is 14.0. The van der Waals surface area contributed by atoms with E-state index in [0.29, 0.717) is 11.1 Å². The van der Waals surface area contributed by atoms with Gasteiger partial charge >= 0.3 is 6.02 Å². The van der Waals surface area contributed by atoms with E-state index >= 15 is 0 Å². The normalized spacial score (nSPS) is 19.3. The Bertz CT molecular complexity index is 1330. The lowest BCUT2D eigenvalue weighted by Crippen LogP contribution is -2.47.